The number of imide groups is 1. The summed E-state index contributed by atoms with van der Waals surface area (Å²) in [6, 6.07) is 12.1. The zero-order valence-corrected chi connectivity index (χ0v) is 23.3. The largest absolute Gasteiger partial charge is 0.480 e. The number of nitrogens with zero attached hydrogens (tertiary/aromatic N) is 3. The molecule has 2 amide bonds. The van der Waals surface area contributed by atoms with Crippen molar-refractivity contribution in [2.75, 3.05) is 0 Å². The van der Waals surface area contributed by atoms with Gasteiger partial charge >= 0.3 is 5.97 Å². The van der Waals surface area contributed by atoms with Gasteiger partial charge in [0.05, 0.1) is 52.3 Å². The van der Waals surface area contributed by atoms with Crippen molar-refractivity contribution in [1.29, 1.82) is 0 Å². The highest BCUT2D eigenvalue weighted by molar-refractivity contribution is 6.32. The molecule has 2 aromatic carbocycles. The summed E-state index contributed by atoms with van der Waals surface area (Å²) in [5.74, 6) is -5.51. The fourth-order valence-electron chi connectivity index (χ4n) is 6.11. The molecule has 4 unspecified atom stereocenters. The van der Waals surface area contributed by atoms with Crippen molar-refractivity contribution >= 4 is 46.0 Å². The first kappa shape index (κ1) is 28.2. The predicted octanol–water partition coefficient (Wildman–Crippen LogP) is 3.57. The standard InChI is InChI=1S/C30H23ClN4O8/c1-15-10-22-19(11-21(15)31)26(36)20(14-43-22)25-23-24(28(38)34(27(23)37)13-17-4-2-3-9-32-17)30(33-25,29(39)40)12-16-5-7-18(8-6-16)35(41)42/h2-11,14,23-25,33H,12-13H2,1H3,(H,39,40). The van der Waals surface area contributed by atoms with Crippen LogP contribution < -0.4 is 10.7 Å². The van der Waals surface area contributed by atoms with Gasteiger partial charge in [0, 0.05) is 29.8 Å². The van der Waals surface area contributed by atoms with Crippen LogP contribution in [0.15, 0.2) is 76.3 Å². The molecule has 2 saturated heterocycles. The number of likely N-dealkylation sites (tertiary alicyclic amines) is 1. The maximum absolute atomic E-state index is 14.0. The number of fused-ring (bicyclic) bond motifs is 2. The van der Waals surface area contributed by atoms with Crippen molar-refractivity contribution in [2.24, 2.45) is 11.8 Å². The van der Waals surface area contributed by atoms with Gasteiger partial charge in [-0.15, -0.1) is 0 Å². The minimum Gasteiger partial charge on any atom is -0.480 e. The van der Waals surface area contributed by atoms with E-state index in [0.29, 0.717) is 21.8 Å². The number of rotatable bonds is 7. The van der Waals surface area contributed by atoms with Crippen LogP contribution in [0.3, 0.4) is 0 Å². The molecule has 0 aliphatic carbocycles. The Morgan fingerprint density at radius 3 is 2.56 bits per heavy atom. The molecule has 0 radical (unpaired) electrons. The summed E-state index contributed by atoms with van der Waals surface area (Å²) in [7, 11) is 0. The Hall–Kier alpha value is -4.94. The number of aryl methyl sites for hydroxylation is 1. The third kappa shape index (κ3) is 4.55. The minimum absolute atomic E-state index is 0.0323. The van der Waals surface area contributed by atoms with Gasteiger partial charge in [-0.25, -0.2) is 0 Å². The third-order valence-corrected chi connectivity index (χ3v) is 8.63. The number of amides is 2. The van der Waals surface area contributed by atoms with Gasteiger partial charge in [-0.05, 0) is 42.3 Å². The Labute approximate surface area is 248 Å². The fraction of sp³-hybridized carbons (Fsp3) is 0.233. The van der Waals surface area contributed by atoms with Gasteiger partial charge < -0.3 is 9.52 Å². The molecular formula is C30H23ClN4O8. The maximum Gasteiger partial charge on any atom is 0.325 e. The molecule has 13 heteroatoms. The highest BCUT2D eigenvalue weighted by Gasteiger charge is 2.68. The van der Waals surface area contributed by atoms with E-state index >= 15 is 0 Å². The number of halogens is 1. The Kier molecular flexibility index (Phi) is 6.82. The Bertz CT molecular complexity index is 1880. The molecule has 0 bridgehead atoms. The second kappa shape index (κ2) is 10.4. The minimum atomic E-state index is -2.05. The zero-order chi connectivity index (χ0) is 30.6. The number of aromatic nitrogens is 1. The van der Waals surface area contributed by atoms with Crippen LogP contribution in [0.1, 0.15) is 28.4 Å². The van der Waals surface area contributed by atoms with Crippen molar-refractivity contribution in [3.63, 3.8) is 0 Å². The van der Waals surface area contributed by atoms with Crippen molar-refractivity contribution < 1.29 is 28.8 Å². The molecule has 43 heavy (non-hydrogen) atoms. The number of hydrogen-bond acceptors (Lipinski definition) is 9. The van der Waals surface area contributed by atoms with E-state index in [-0.39, 0.29) is 35.2 Å². The predicted molar refractivity (Wildman–Crippen MR) is 152 cm³/mol. The van der Waals surface area contributed by atoms with Crippen molar-refractivity contribution in [1.82, 2.24) is 15.2 Å². The highest BCUT2D eigenvalue weighted by atomic mass is 35.5. The van der Waals surface area contributed by atoms with Crippen LogP contribution in [0.5, 0.6) is 0 Å². The van der Waals surface area contributed by atoms with E-state index in [4.69, 9.17) is 16.0 Å². The zero-order valence-electron chi connectivity index (χ0n) is 22.5. The summed E-state index contributed by atoms with van der Waals surface area (Å²) in [5.41, 5.74) is -1.08. The lowest BCUT2D eigenvalue weighted by Gasteiger charge is -2.31. The first-order chi connectivity index (χ1) is 20.5. The van der Waals surface area contributed by atoms with Crippen LogP contribution in [-0.2, 0) is 27.3 Å². The second-order valence-corrected chi connectivity index (χ2v) is 11.1. The van der Waals surface area contributed by atoms with Gasteiger partial charge in [-0.2, -0.15) is 0 Å². The first-order valence-electron chi connectivity index (χ1n) is 13.2. The summed E-state index contributed by atoms with van der Waals surface area (Å²) in [6.07, 6.45) is 2.38. The Morgan fingerprint density at radius 1 is 1.16 bits per heavy atom. The lowest BCUT2D eigenvalue weighted by atomic mass is 9.76. The number of hydrogen-bond donors (Lipinski definition) is 2. The molecule has 2 N–H and O–H groups in total. The van der Waals surface area contributed by atoms with E-state index in [1.807, 2.05) is 0 Å². The summed E-state index contributed by atoms with van der Waals surface area (Å²) < 4.78 is 5.76. The van der Waals surface area contributed by atoms with Crippen LogP contribution in [0, 0.1) is 28.9 Å². The normalized spacial score (nSPS) is 23.1. The average Bonchev–Trinajstić information content (AvgIpc) is 3.45. The maximum atomic E-state index is 14.0. The number of nitrogens with one attached hydrogen (secondary N) is 1. The van der Waals surface area contributed by atoms with Gasteiger partial charge in [0.25, 0.3) is 5.69 Å². The third-order valence-electron chi connectivity index (χ3n) is 8.22. The quantitative estimate of drug-likeness (QED) is 0.181. The van der Waals surface area contributed by atoms with Crippen LogP contribution in [-0.4, -0.2) is 43.2 Å². The Morgan fingerprint density at radius 2 is 1.91 bits per heavy atom. The monoisotopic (exact) mass is 602 g/mol. The summed E-state index contributed by atoms with van der Waals surface area (Å²) in [6.45, 7) is 1.56. The van der Waals surface area contributed by atoms with Gasteiger partial charge in [-0.3, -0.25) is 44.5 Å². The molecule has 0 saturated carbocycles. The smallest absolute Gasteiger partial charge is 0.325 e. The van der Waals surface area contributed by atoms with E-state index in [2.05, 4.69) is 10.3 Å². The number of non-ortho nitro benzene ring substituents is 1. The van der Waals surface area contributed by atoms with Crippen molar-refractivity contribution in [3.8, 4) is 0 Å². The topological polar surface area (TPSA) is 173 Å². The molecule has 2 aliphatic heterocycles. The van der Waals surface area contributed by atoms with Crippen molar-refractivity contribution in [3.05, 3.63) is 115 Å². The van der Waals surface area contributed by atoms with Crippen LogP contribution >= 0.6 is 11.6 Å². The van der Waals surface area contributed by atoms with Gasteiger partial charge in [0.2, 0.25) is 11.8 Å². The molecule has 4 atom stereocenters. The number of carboxylic acid groups (broad SMARTS) is 1. The highest BCUT2D eigenvalue weighted by Crippen LogP contribution is 2.50. The average molecular weight is 603 g/mol. The number of aliphatic carboxylic acids is 1. The number of carboxylic acids is 1. The molecule has 6 rings (SSSR count). The summed E-state index contributed by atoms with van der Waals surface area (Å²) in [4.78, 5) is 70.6. The molecule has 2 aromatic heterocycles. The second-order valence-electron chi connectivity index (χ2n) is 10.7. The van der Waals surface area contributed by atoms with Crippen LogP contribution in [0.25, 0.3) is 11.0 Å². The first-order valence-corrected chi connectivity index (χ1v) is 13.6. The molecule has 12 nitrogen and oxygen atoms in total. The number of nitro benzene ring substituents is 1. The number of carbonyl (C=O) groups excluding carboxylic acids is 2. The lowest BCUT2D eigenvalue weighted by Crippen LogP contribution is -2.57. The Balaban J connectivity index is 1.49. The molecule has 0 spiro atoms. The summed E-state index contributed by atoms with van der Waals surface area (Å²) in [5, 5.41) is 25.3. The number of carbonyl (C=O) groups is 3. The SMILES string of the molecule is Cc1cc2occ(C3NC(Cc4ccc([N+](=O)[O-])cc4)(C(=O)O)C4C(=O)N(Cc5ccccn5)C(=O)C34)c(=O)c2cc1Cl. The molecule has 4 aromatic rings. The number of nitro groups is 1. The molecule has 4 heterocycles. The lowest BCUT2D eigenvalue weighted by molar-refractivity contribution is -0.384. The number of pyridine rings is 1. The van der Waals surface area contributed by atoms with Crippen molar-refractivity contribution in [2.45, 2.75) is 31.5 Å². The van der Waals surface area contributed by atoms with E-state index < -0.39 is 51.6 Å². The molecule has 2 fully saturated rings. The van der Waals surface area contributed by atoms with Crippen LogP contribution in [0.2, 0.25) is 5.02 Å². The van der Waals surface area contributed by atoms with Gasteiger partial charge in [0.15, 0.2) is 5.43 Å². The van der Waals surface area contributed by atoms with E-state index in [1.165, 1.54) is 42.8 Å². The van der Waals surface area contributed by atoms with Gasteiger partial charge in [-0.1, -0.05) is 29.8 Å². The van der Waals surface area contributed by atoms with Crippen LogP contribution in [0.4, 0.5) is 5.69 Å². The molecular weight excluding hydrogens is 580 g/mol. The van der Waals surface area contributed by atoms with Gasteiger partial charge in [0.1, 0.15) is 11.1 Å². The van der Waals surface area contributed by atoms with E-state index in [9.17, 15) is 34.4 Å². The van der Waals surface area contributed by atoms with E-state index in [0.717, 1.165) is 4.90 Å². The number of benzene rings is 2. The molecule has 2 aliphatic rings. The molecule has 218 valence electrons. The summed E-state index contributed by atoms with van der Waals surface area (Å²) >= 11 is 6.28. The fourth-order valence-corrected chi connectivity index (χ4v) is 6.28. The van der Waals surface area contributed by atoms with E-state index in [1.54, 1.807) is 31.2 Å².